The van der Waals surface area contributed by atoms with E-state index in [2.05, 4.69) is 6.92 Å². The molecule has 1 aliphatic rings. The Morgan fingerprint density at radius 1 is 1.25 bits per heavy atom. The van der Waals surface area contributed by atoms with Crippen LogP contribution in [0.25, 0.3) is 0 Å². The predicted octanol–water partition coefficient (Wildman–Crippen LogP) is 2.77. The van der Waals surface area contributed by atoms with Crippen molar-refractivity contribution in [2.45, 2.75) is 45.3 Å². The minimum atomic E-state index is -0.425. The molecule has 1 aliphatic carbocycles. The van der Waals surface area contributed by atoms with E-state index in [1.54, 1.807) is 7.11 Å². The van der Waals surface area contributed by atoms with Gasteiger partial charge in [0.05, 0.1) is 7.11 Å². The van der Waals surface area contributed by atoms with Gasteiger partial charge >= 0.3 is 0 Å². The Bertz CT molecular complexity index is 470. The minimum absolute atomic E-state index is 0.118. The van der Waals surface area contributed by atoms with Crippen LogP contribution in [0.4, 0.5) is 0 Å². The highest BCUT2D eigenvalue weighted by Gasteiger charge is 2.42. The molecule has 1 aromatic rings. The largest absolute Gasteiger partial charge is 0.493 e. The van der Waals surface area contributed by atoms with E-state index in [4.69, 9.17) is 14.2 Å². The smallest absolute Gasteiger partial charge is 0.169 e. The van der Waals surface area contributed by atoms with Gasteiger partial charge in [0.2, 0.25) is 0 Å². The number of rotatable bonds is 7. The summed E-state index contributed by atoms with van der Waals surface area (Å²) < 4.78 is 16.8. The molecule has 4 nitrogen and oxygen atoms in total. The molecule has 1 fully saturated rings. The minimum Gasteiger partial charge on any atom is -0.493 e. The van der Waals surface area contributed by atoms with Crippen molar-refractivity contribution in [1.82, 2.24) is 0 Å². The van der Waals surface area contributed by atoms with Gasteiger partial charge in [-0.2, -0.15) is 0 Å². The number of carbonyl (C=O) groups excluding carboxylic acids is 1. The molecule has 0 heterocycles. The first-order chi connectivity index (χ1) is 9.69. The monoisotopic (exact) mass is 278 g/mol. The molecule has 2 rings (SSSR count). The van der Waals surface area contributed by atoms with E-state index < -0.39 is 6.10 Å². The molecule has 110 valence electrons. The fourth-order valence-electron chi connectivity index (χ4n) is 2.21. The second-order valence-corrected chi connectivity index (χ2v) is 4.96. The lowest BCUT2D eigenvalue weighted by Crippen LogP contribution is -2.52. The molecule has 2 atom stereocenters. The van der Waals surface area contributed by atoms with Gasteiger partial charge in [-0.1, -0.05) is 19.9 Å². The van der Waals surface area contributed by atoms with Crippen molar-refractivity contribution in [1.29, 1.82) is 0 Å². The maximum atomic E-state index is 11.6. The number of benzene rings is 1. The van der Waals surface area contributed by atoms with Crippen molar-refractivity contribution in [2.75, 3.05) is 13.7 Å². The maximum absolute atomic E-state index is 11.6. The number of carbonyl (C=O) groups is 1. The average Bonchev–Trinajstić information content (AvgIpc) is 2.47. The molecule has 0 bridgehead atoms. The van der Waals surface area contributed by atoms with E-state index >= 15 is 0 Å². The normalized spacial score (nSPS) is 21.4. The molecule has 0 aliphatic heterocycles. The molecule has 1 aromatic carbocycles. The summed E-state index contributed by atoms with van der Waals surface area (Å²) >= 11 is 0. The third kappa shape index (κ3) is 3.12. The van der Waals surface area contributed by atoms with Crippen molar-refractivity contribution in [2.24, 2.45) is 0 Å². The Balaban J connectivity index is 2.04. The van der Waals surface area contributed by atoms with Crippen molar-refractivity contribution in [3.05, 3.63) is 23.8 Å². The molecule has 0 radical (unpaired) electrons. The third-order valence-corrected chi connectivity index (χ3v) is 3.47. The van der Waals surface area contributed by atoms with Crippen LogP contribution in [0, 0.1) is 0 Å². The van der Waals surface area contributed by atoms with Gasteiger partial charge in [-0.15, -0.1) is 0 Å². The van der Waals surface area contributed by atoms with Gasteiger partial charge in [0.25, 0.3) is 0 Å². The van der Waals surface area contributed by atoms with Crippen LogP contribution < -0.4 is 9.47 Å². The zero-order chi connectivity index (χ0) is 14.5. The molecule has 0 amide bonds. The number of ketones is 1. The molecule has 0 spiro atoms. The Morgan fingerprint density at radius 2 is 2.05 bits per heavy atom. The van der Waals surface area contributed by atoms with Gasteiger partial charge in [-0.3, -0.25) is 4.79 Å². The fourth-order valence-corrected chi connectivity index (χ4v) is 2.21. The van der Waals surface area contributed by atoms with Crippen LogP contribution in [0.15, 0.2) is 18.2 Å². The average molecular weight is 278 g/mol. The summed E-state index contributed by atoms with van der Waals surface area (Å²) in [4.78, 5) is 11.6. The lowest BCUT2D eigenvalue weighted by molar-refractivity contribution is -0.154. The standard InChI is InChI=1S/C16H22O4/c1-4-8-19-16-12(17)10-15(16)20-13-7-6-11(5-2)9-14(13)18-3/h6-7,9,15-16H,4-5,8,10H2,1-3H3. The highest BCUT2D eigenvalue weighted by molar-refractivity contribution is 5.90. The molecule has 1 saturated carbocycles. The van der Waals surface area contributed by atoms with Crippen LogP contribution in [-0.2, 0) is 16.0 Å². The van der Waals surface area contributed by atoms with E-state index in [1.165, 1.54) is 5.56 Å². The van der Waals surface area contributed by atoms with E-state index in [9.17, 15) is 4.79 Å². The second-order valence-electron chi connectivity index (χ2n) is 4.96. The molecule has 0 saturated heterocycles. The lowest BCUT2D eigenvalue weighted by atomic mass is 9.90. The van der Waals surface area contributed by atoms with Crippen LogP contribution >= 0.6 is 0 Å². The highest BCUT2D eigenvalue weighted by Crippen LogP contribution is 2.33. The SMILES string of the molecule is CCCOC1C(=O)CC1Oc1ccc(CC)cc1OC. The van der Waals surface area contributed by atoms with Crippen LogP contribution in [0.3, 0.4) is 0 Å². The molecule has 4 heteroatoms. The second kappa shape index (κ2) is 6.75. The van der Waals surface area contributed by atoms with Crippen molar-refractivity contribution >= 4 is 5.78 Å². The number of Topliss-reactive ketones (excluding diaryl/α,β-unsaturated/α-hetero) is 1. The summed E-state index contributed by atoms with van der Waals surface area (Å²) in [5, 5.41) is 0. The van der Waals surface area contributed by atoms with Crippen molar-refractivity contribution < 1.29 is 19.0 Å². The van der Waals surface area contributed by atoms with Crippen LogP contribution in [0.1, 0.15) is 32.3 Å². The van der Waals surface area contributed by atoms with Gasteiger partial charge in [-0.05, 0) is 30.5 Å². The van der Waals surface area contributed by atoms with E-state index in [-0.39, 0.29) is 11.9 Å². The van der Waals surface area contributed by atoms with E-state index in [0.717, 1.165) is 12.8 Å². The first kappa shape index (κ1) is 14.9. The van der Waals surface area contributed by atoms with Gasteiger partial charge in [0.1, 0.15) is 6.10 Å². The summed E-state index contributed by atoms with van der Waals surface area (Å²) in [5.41, 5.74) is 1.19. The number of ether oxygens (including phenoxy) is 3. The Labute approximate surface area is 120 Å². The third-order valence-electron chi connectivity index (χ3n) is 3.47. The number of hydrogen-bond acceptors (Lipinski definition) is 4. The maximum Gasteiger partial charge on any atom is 0.169 e. The molecular weight excluding hydrogens is 256 g/mol. The van der Waals surface area contributed by atoms with Crippen LogP contribution in [0.5, 0.6) is 11.5 Å². The zero-order valence-electron chi connectivity index (χ0n) is 12.3. The van der Waals surface area contributed by atoms with Gasteiger partial charge in [0.15, 0.2) is 23.4 Å². The summed E-state index contributed by atoms with van der Waals surface area (Å²) in [7, 11) is 1.62. The molecule has 2 unspecified atom stereocenters. The summed E-state index contributed by atoms with van der Waals surface area (Å²) in [6.07, 6.45) is 1.62. The Morgan fingerprint density at radius 3 is 2.65 bits per heavy atom. The van der Waals surface area contributed by atoms with Gasteiger partial charge in [0, 0.05) is 13.0 Å². The number of methoxy groups -OCH3 is 1. The van der Waals surface area contributed by atoms with Crippen LogP contribution in [-0.4, -0.2) is 31.7 Å². The molecular formula is C16H22O4. The van der Waals surface area contributed by atoms with Gasteiger partial charge < -0.3 is 14.2 Å². The summed E-state index contributed by atoms with van der Waals surface area (Å²) in [6, 6.07) is 5.88. The number of aryl methyl sites for hydroxylation is 1. The lowest BCUT2D eigenvalue weighted by Gasteiger charge is -2.34. The summed E-state index contributed by atoms with van der Waals surface area (Å²) in [6.45, 7) is 4.70. The molecule has 0 aromatic heterocycles. The van der Waals surface area contributed by atoms with E-state index in [0.29, 0.717) is 24.5 Å². The van der Waals surface area contributed by atoms with Crippen molar-refractivity contribution in [3.8, 4) is 11.5 Å². The molecule has 20 heavy (non-hydrogen) atoms. The first-order valence-corrected chi connectivity index (χ1v) is 7.17. The first-order valence-electron chi connectivity index (χ1n) is 7.17. The van der Waals surface area contributed by atoms with Crippen LogP contribution in [0.2, 0.25) is 0 Å². The van der Waals surface area contributed by atoms with Gasteiger partial charge in [-0.25, -0.2) is 0 Å². The number of hydrogen-bond donors (Lipinski definition) is 0. The highest BCUT2D eigenvalue weighted by atomic mass is 16.6. The topological polar surface area (TPSA) is 44.8 Å². The van der Waals surface area contributed by atoms with E-state index in [1.807, 2.05) is 25.1 Å². The zero-order valence-corrected chi connectivity index (χ0v) is 12.3. The Kier molecular flexibility index (Phi) is 5.01. The molecule has 0 N–H and O–H groups in total. The summed E-state index contributed by atoms with van der Waals surface area (Å²) in [5.74, 6) is 1.50. The fraction of sp³-hybridized carbons (Fsp3) is 0.562. The predicted molar refractivity (Wildman–Crippen MR) is 76.4 cm³/mol. The Hall–Kier alpha value is -1.55. The quantitative estimate of drug-likeness (QED) is 0.769. The van der Waals surface area contributed by atoms with Crippen molar-refractivity contribution in [3.63, 3.8) is 0 Å².